The van der Waals surface area contributed by atoms with Crippen molar-refractivity contribution < 1.29 is 9.59 Å². The number of nitrogens with one attached hydrogen (secondary N) is 1. The number of hydrogen-bond donors (Lipinski definition) is 1. The maximum Gasteiger partial charge on any atom is 0.227 e. The van der Waals surface area contributed by atoms with Gasteiger partial charge in [-0.3, -0.25) is 9.59 Å². The summed E-state index contributed by atoms with van der Waals surface area (Å²) in [5.41, 5.74) is 0.787. The Bertz CT molecular complexity index is 533. The van der Waals surface area contributed by atoms with Gasteiger partial charge < -0.3 is 15.1 Å². The van der Waals surface area contributed by atoms with Crippen LogP contribution in [0.1, 0.15) is 13.3 Å². The number of carbonyl (C=O) groups is 2. The molecular formula is C16H22ClN3O2. The lowest BCUT2D eigenvalue weighted by molar-refractivity contribution is -0.126. The summed E-state index contributed by atoms with van der Waals surface area (Å²) < 4.78 is 0. The third-order valence-corrected chi connectivity index (χ3v) is 4.22. The summed E-state index contributed by atoms with van der Waals surface area (Å²) in [6.45, 7) is 4.86. The van der Waals surface area contributed by atoms with Gasteiger partial charge in [0.1, 0.15) is 0 Å². The van der Waals surface area contributed by atoms with E-state index in [0.717, 1.165) is 18.8 Å². The first-order chi connectivity index (χ1) is 10.5. The lowest BCUT2D eigenvalue weighted by Crippen LogP contribution is -2.37. The van der Waals surface area contributed by atoms with Crippen molar-refractivity contribution in [2.24, 2.45) is 5.92 Å². The highest BCUT2D eigenvalue weighted by Crippen LogP contribution is 2.26. The molecule has 1 fully saturated rings. The summed E-state index contributed by atoms with van der Waals surface area (Å²) in [7, 11) is 2.01. The normalized spacial score (nSPS) is 18.1. The number of carbonyl (C=O) groups excluding carboxylic acids is 2. The number of halogens is 1. The van der Waals surface area contributed by atoms with Gasteiger partial charge in [-0.05, 0) is 37.9 Å². The van der Waals surface area contributed by atoms with Crippen LogP contribution in [0.5, 0.6) is 0 Å². The number of benzene rings is 1. The molecule has 1 aromatic rings. The molecule has 22 heavy (non-hydrogen) atoms. The van der Waals surface area contributed by atoms with Gasteiger partial charge in [0.05, 0.1) is 5.92 Å². The van der Waals surface area contributed by atoms with Gasteiger partial charge in [-0.25, -0.2) is 0 Å². The van der Waals surface area contributed by atoms with Crippen LogP contribution in [-0.4, -0.2) is 49.9 Å². The first kappa shape index (κ1) is 16.8. The number of hydrogen-bond acceptors (Lipinski definition) is 3. The van der Waals surface area contributed by atoms with Crippen LogP contribution in [0.15, 0.2) is 24.3 Å². The molecule has 5 nitrogen and oxygen atoms in total. The molecule has 0 bridgehead atoms. The van der Waals surface area contributed by atoms with Gasteiger partial charge in [0, 0.05) is 36.8 Å². The predicted molar refractivity (Wildman–Crippen MR) is 88.1 cm³/mol. The Labute approximate surface area is 136 Å². The van der Waals surface area contributed by atoms with Crippen LogP contribution in [0.3, 0.4) is 0 Å². The minimum absolute atomic E-state index is 0.0202. The predicted octanol–water partition coefficient (Wildman–Crippen LogP) is 1.76. The van der Waals surface area contributed by atoms with Gasteiger partial charge >= 0.3 is 0 Å². The molecule has 1 aromatic carbocycles. The van der Waals surface area contributed by atoms with E-state index < -0.39 is 0 Å². The number of amides is 2. The van der Waals surface area contributed by atoms with Crippen molar-refractivity contribution in [3.05, 3.63) is 29.3 Å². The van der Waals surface area contributed by atoms with Crippen LogP contribution < -0.4 is 10.2 Å². The van der Waals surface area contributed by atoms with Gasteiger partial charge in [-0.1, -0.05) is 18.5 Å². The minimum Gasteiger partial charge on any atom is -0.355 e. The highest BCUT2D eigenvalue weighted by Gasteiger charge is 2.34. The molecule has 0 saturated carbocycles. The molecule has 2 amide bonds. The summed E-state index contributed by atoms with van der Waals surface area (Å²) in [5, 5.41) is 3.54. The second-order valence-corrected chi connectivity index (χ2v) is 6.01. The number of nitrogens with zero attached hydrogens (tertiary/aromatic N) is 2. The van der Waals surface area contributed by atoms with Gasteiger partial charge in [0.2, 0.25) is 11.8 Å². The zero-order valence-electron chi connectivity index (χ0n) is 13.0. The average molecular weight is 324 g/mol. The fourth-order valence-electron chi connectivity index (χ4n) is 2.43. The van der Waals surface area contributed by atoms with E-state index in [0.29, 0.717) is 18.1 Å². The Morgan fingerprint density at radius 2 is 2.09 bits per heavy atom. The van der Waals surface area contributed by atoms with E-state index in [2.05, 4.69) is 17.1 Å². The van der Waals surface area contributed by atoms with E-state index in [-0.39, 0.29) is 24.2 Å². The molecule has 0 spiro atoms. The molecule has 1 aliphatic heterocycles. The summed E-state index contributed by atoms with van der Waals surface area (Å²) in [4.78, 5) is 28.0. The Kier molecular flexibility index (Phi) is 5.80. The molecule has 1 aliphatic rings. The van der Waals surface area contributed by atoms with Crippen molar-refractivity contribution in [1.29, 1.82) is 0 Å². The topological polar surface area (TPSA) is 52.7 Å². The smallest absolute Gasteiger partial charge is 0.227 e. The Morgan fingerprint density at radius 1 is 1.41 bits per heavy atom. The average Bonchev–Trinajstić information content (AvgIpc) is 2.90. The molecule has 6 heteroatoms. The maximum absolute atomic E-state index is 12.2. The van der Waals surface area contributed by atoms with Gasteiger partial charge in [0.15, 0.2) is 0 Å². The third kappa shape index (κ3) is 4.21. The minimum atomic E-state index is -0.282. The molecule has 1 N–H and O–H groups in total. The molecule has 120 valence electrons. The van der Waals surface area contributed by atoms with Crippen molar-refractivity contribution in [2.45, 2.75) is 13.3 Å². The molecule has 0 radical (unpaired) electrons. The second-order valence-electron chi connectivity index (χ2n) is 5.57. The van der Waals surface area contributed by atoms with Crippen molar-refractivity contribution in [3.8, 4) is 0 Å². The maximum atomic E-state index is 12.2. The van der Waals surface area contributed by atoms with E-state index >= 15 is 0 Å². The highest BCUT2D eigenvalue weighted by molar-refractivity contribution is 6.30. The van der Waals surface area contributed by atoms with E-state index in [4.69, 9.17) is 11.6 Å². The lowest BCUT2D eigenvalue weighted by Gasteiger charge is -2.17. The van der Waals surface area contributed by atoms with Gasteiger partial charge in [0.25, 0.3) is 0 Å². The third-order valence-electron chi connectivity index (χ3n) is 3.97. The Balaban J connectivity index is 1.88. The molecule has 0 aromatic heterocycles. The van der Waals surface area contributed by atoms with Crippen molar-refractivity contribution in [3.63, 3.8) is 0 Å². The first-order valence-electron chi connectivity index (χ1n) is 7.53. The number of likely N-dealkylation sites (N-methyl/N-ethyl adjacent to an activating group) is 1. The van der Waals surface area contributed by atoms with Crippen molar-refractivity contribution in [1.82, 2.24) is 10.2 Å². The van der Waals surface area contributed by atoms with E-state index in [1.165, 1.54) is 0 Å². The van der Waals surface area contributed by atoms with Gasteiger partial charge in [-0.2, -0.15) is 0 Å². The van der Waals surface area contributed by atoms with Crippen LogP contribution in [0, 0.1) is 5.92 Å². The summed E-state index contributed by atoms with van der Waals surface area (Å²) in [6, 6.07) is 7.10. The summed E-state index contributed by atoms with van der Waals surface area (Å²) in [5.74, 6) is -0.349. The lowest BCUT2D eigenvalue weighted by atomic mass is 10.1. The van der Waals surface area contributed by atoms with Gasteiger partial charge in [-0.15, -0.1) is 0 Å². The van der Waals surface area contributed by atoms with Crippen LogP contribution in [0.4, 0.5) is 5.69 Å². The van der Waals surface area contributed by atoms with Crippen molar-refractivity contribution in [2.75, 3.05) is 38.1 Å². The highest BCUT2D eigenvalue weighted by atomic mass is 35.5. The summed E-state index contributed by atoms with van der Waals surface area (Å²) >= 11 is 5.86. The van der Waals surface area contributed by atoms with Crippen LogP contribution >= 0.6 is 11.6 Å². The largest absolute Gasteiger partial charge is 0.355 e. The van der Waals surface area contributed by atoms with Crippen LogP contribution in [-0.2, 0) is 9.59 Å². The van der Waals surface area contributed by atoms with Crippen LogP contribution in [0.2, 0.25) is 5.02 Å². The van der Waals surface area contributed by atoms with Crippen LogP contribution in [0.25, 0.3) is 0 Å². The fourth-order valence-corrected chi connectivity index (χ4v) is 2.55. The standard InChI is InChI=1S/C16H22ClN3O2/c1-3-19(2)9-8-18-16(22)12-10-15(21)20(11-12)14-6-4-13(17)5-7-14/h4-7,12H,3,8-11H2,1-2H3,(H,18,22). The molecule has 1 atom stereocenters. The Hall–Kier alpha value is -1.59. The summed E-state index contributed by atoms with van der Waals surface area (Å²) in [6.07, 6.45) is 0.262. The molecular weight excluding hydrogens is 302 g/mol. The zero-order chi connectivity index (χ0) is 16.1. The first-order valence-corrected chi connectivity index (χ1v) is 7.91. The quantitative estimate of drug-likeness (QED) is 0.868. The zero-order valence-corrected chi connectivity index (χ0v) is 13.8. The molecule has 2 rings (SSSR count). The fraction of sp³-hybridized carbons (Fsp3) is 0.500. The number of anilines is 1. The molecule has 1 unspecified atom stereocenters. The van der Waals surface area contributed by atoms with E-state index in [1.54, 1.807) is 29.2 Å². The molecule has 1 saturated heterocycles. The molecule has 1 heterocycles. The Morgan fingerprint density at radius 3 is 2.73 bits per heavy atom. The monoisotopic (exact) mass is 323 g/mol. The van der Waals surface area contributed by atoms with Crippen molar-refractivity contribution >= 4 is 29.1 Å². The van der Waals surface area contributed by atoms with E-state index in [1.807, 2.05) is 7.05 Å². The number of rotatable bonds is 6. The second kappa shape index (κ2) is 7.61. The van der Waals surface area contributed by atoms with E-state index in [9.17, 15) is 9.59 Å². The SMILES string of the molecule is CCN(C)CCNC(=O)C1CC(=O)N(c2ccc(Cl)cc2)C1. The molecule has 0 aliphatic carbocycles.